The predicted molar refractivity (Wildman–Crippen MR) is 108 cm³/mol. The predicted octanol–water partition coefficient (Wildman–Crippen LogP) is 3.96. The first-order chi connectivity index (χ1) is 12.7. The van der Waals surface area contributed by atoms with Crippen molar-refractivity contribution >= 4 is 61.2 Å². The van der Waals surface area contributed by atoms with Crippen molar-refractivity contribution in [2.24, 2.45) is 15.4 Å². The number of nitrogens with two attached hydrogens (primary N) is 1. The molecule has 0 saturated heterocycles. The van der Waals surface area contributed by atoms with Gasteiger partial charge < -0.3 is 15.4 Å². The number of anilines is 1. The normalized spacial score (nSPS) is 12.0. The van der Waals surface area contributed by atoms with E-state index in [4.69, 9.17) is 29.0 Å². The molecule has 1 heterocycles. The van der Waals surface area contributed by atoms with Crippen LogP contribution in [0.1, 0.15) is 5.56 Å². The number of rotatable bonds is 3. The fraction of sp³-hybridized carbons (Fsp3) is 0.0625. The zero-order valence-electron chi connectivity index (χ0n) is 13.9. The number of halogens is 1. The molecule has 3 aromatic rings. The Morgan fingerprint density at radius 3 is 2.74 bits per heavy atom. The Labute approximate surface area is 165 Å². The number of primary sulfonamides is 1. The van der Waals surface area contributed by atoms with Crippen molar-refractivity contribution < 1.29 is 13.5 Å². The number of para-hydroxylation sites is 1. The number of hydrogen-bond donors (Lipinski definition) is 4. The van der Waals surface area contributed by atoms with Gasteiger partial charge >= 0.3 is 0 Å². The molecule has 0 atom stereocenters. The maximum Gasteiger partial charge on any atom is 0.240 e. The Hall–Kier alpha value is -2.53. The summed E-state index contributed by atoms with van der Waals surface area (Å²) in [4.78, 5) is 2.68. The maximum atomic E-state index is 11.6. The highest BCUT2D eigenvalue weighted by Crippen LogP contribution is 2.38. The van der Waals surface area contributed by atoms with Crippen LogP contribution in [-0.2, 0) is 10.0 Å². The van der Waals surface area contributed by atoms with Gasteiger partial charge in [-0.15, -0.1) is 10.2 Å². The second kappa shape index (κ2) is 7.24. The molecule has 0 fully saturated rings. The van der Waals surface area contributed by atoms with Gasteiger partial charge in [-0.3, -0.25) is 0 Å². The standard InChI is InChI=1S/C16H14ClN5O3S2/c1-8-6-9(17)7-10-13(8)20-15(23)14(10)21-22-16(26)19-11-4-2-3-5-12(11)27(18,24)25/h2-7,20,23H,1H3,(H,19,26)(H2,18,24,25). The topological polar surface area (TPSA) is 133 Å². The number of H-pyrrole nitrogens is 1. The number of aromatic hydroxyl groups is 1. The largest absolute Gasteiger partial charge is 0.493 e. The van der Waals surface area contributed by atoms with Gasteiger partial charge in [-0.05, 0) is 49.0 Å². The second-order valence-corrected chi connectivity index (χ2v) is 7.99. The van der Waals surface area contributed by atoms with Gasteiger partial charge in [-0.25, -0.2) is 13.6 Å². The minimum Gasteiger partial charge on any atom is -0.493 e. The summed E-state index contributed by atoms with van der Waals surface area (Å²) in [5, 5.41) is 26.7. The lowest BCUT2D eigenvalue weighted by atomic mass is 10.1. The molecule has 140 valence electrons. The zero-order valence-corrected chi connectivity index (χ0v) is 16.3. The minimum absolute atomic E-state index is 0.112. The summed E-state index contributed by atoms with van der Waals surface area (Å²) in [6.45, 7) is 1.83. The van der Waals surface area contributed by atoms with E-state index in [0.29, 0.717) is 15.9 Å². The Bertz CT molecular complexity index is 1190. The number of aromatic nitrogens is 1. The SMILES string of the molecule is Cc1cc(Cl)cc2c(N=NC(=S)Nc3ccccc3S(N)(=O)=O)c(O)[nH]c12. The molecule has 0 saturated carbocycles. The lowest BCUT2D eigenvalue weighted by Gasteiger charge is -2.08. The van der Waals surface area contributed by atoms with E-state index >= 15 is 0 Å². The smallest absolute Gasteiger partial charge is 0.240 e. The van der Waals surface area contributed by atoms with E-state index in [1.807, 2.05) is 6.92 Å². The van der Waals surface area contributed by atoms with Gasteiger partial charge in [-0.2, -0.15) is 0 Å². The van der Waals surface area contributed by atoms with Gasteiger partial charge in [0.05, 0.1) is 11.2 Å². The van der Waals surface area contributed by atoms with Crippen LogP contribution in [0.3, 0.4) is 0 Å². The summed E-state index contributed by atoms with van der Waals surface area (Å²) < 4.78 is 23.3. The van der Waals surface area contributed by atoms with Gasteiger partial charge in [0.15, 0.2) is 5.69 Å². The Balaban J connectivity index is 1.91. The van der Waals surface area contributed by atoms with Gasteiger partial charge in [-0.1, -0.05) is 23.7 Å². The van der Waals surface area contributed by atoms with Crippen LogP contribution < -0.4 is 10.5 Å². The first kappa shape index (κ1) is 19.2. The van der Waals surface area contributed by atoms with Gasteiger partial charge in [0, 0.05) is 10.4 Å². The first-order valence-electron chi connectivity index (χ1n) is 7.52. The molecule has 0 aliphatic rings. The molecule has 0 aliphatic heterocycles. The average molecular weight is 424 g/mol. The number of azo groups is 1. The molecule has 0 spiro atoms. The molecule has 3 rings (SSSR count). The van der Waals surface area contributed by atoms with Gasteiger partial charge in [0.1, 0.15) is 4.90 Å². The van der Waals surface area contributed by atoms with Crippen molar-refractivity contribution in [3.63, 3.8) is 0 Å². The summed E-state index contributed by atoms with van der Waals surface area (Å²) >= 11 is 11.1. The summed E-state index contributed by atoms with van der Waals surface area (Å²) in [6.07, 6.45) is 0. The van der Waals surface area contributed by atoms with E-state index in [1.54, 1.807) is 18.2 Å². The molecule has 0 radical (unpaired) electrons. The second-order valence-electron chi connectivity index (χ2n) is 5.64. The lowest BCUT2D eigenvalue weighted by Crippen LogP contribution is -2.16. The molecule has 0 amide bonds. The van der Waals surface area contributed by atoms with Crippen molar-refractivity contribution in [1.29, 1.82) is 0 Å². The molecule has 1 aromatic heterocycles. The van der Waals surface area contributed by atoms with Crippen LogP contribution in [0.4, 0.5) is 11.4 Å². The van der Waals surface area contributed by atoms with E-state index in [0.717, 1.165) is 5.56 Å². The van der Waals surface area contributed by atoms with Crippen LogP contribution in [0.5, 0.6) is 5.88 Å². The van der Waals surface area contributed by atoms with Crippen molar-refractivity contribution in [1.82, 2.24) is 4.98 Å². The number of aromatic amines is 1. The Morgan fingerprint density at radius 2 is 2.04 bits per heavy atom. The summed E-state index contributed by atoms with van der Waals surface area (Å²) in [5.41, 5.74) is 1.84. The summed E-state index contributed by atoms with van der Waals surface area (Å²) in [6, 6.07) is 9.37. The molecular formula is C16H14ClN5O3S2. The number of thiocarbonyl (C=S) groups is 1. The van der Waals surface area contributed by atoms with Crippen LogP contribution in [0.2, 0.25) is 5.02 Å². The number of fused-ring (bicyclic) bond motifs is 1. The highest BCUT2D eigenvalue weighted by Gasteiger charge is 2.15. The highest BCUT2D eigenvalue weighted by molar-refractivity contribution is 7.89. The Kier molecular flexibility index (Phi) is 5.16. The minimum atomic E-state index is -3.94. The van der Waals surface area contributed by atoms with Crippen LogP contribution in [0.15, 0.2) is 51.5 Å². The quantitative estimate of drug-likeness (QED) is 0.373. The van der Waals surface area contributed by atoms with E-state index in [2.05, 4.69) is 20.5 Å². The molecule has 0 unspecified atom stereocenters. The number of sulfonamides is 1. The number of hydrogen-bond acceptors (Lipinski definition) is 5. The van der Waals surface area contributed by atoms with Crippen LogP contribution in [0.25, 0.3) is 10.9 Å². The van der Waals surface area contributed by atoms with Crippen molar-refractivity contribution in [2.75, 3.05) is 5.32 Å². The van der Waals surface area contributed by atoms with Gasteiger partial charge in [0.2, 0.25) is 21.0 Å². The third-order valence-corrected chi connectivity index (χ3v) is 5.07. The summed E-state index contributed by atoms with van der Waals surface area (Å²) in [7, 11) is -3.94. The van der Waals surface area contributed by atoms with Crippen LogP contribution in [-0.4, -0.2) is 23.6 Å². The fourth-order valence-electron chi connectivity index (χ4n) is 2.56. The average Bonchev–Trinajstić information content (AvgIpc) is 2.88. The van der Waals surface area contributed by atoms with E-state index in [1.165, 1.54) is 18.2 Å². The molecule has 11 heteroatoms. The molecule has 8 nitrogen and oxygen atoms in total. The number of benzene rings is 2. The molecule has 27 heavy (non-hydrogen) atoms. The number of aryl methyl sites for hydroxylation is 1. The van der Waals surface area contributed by atoms with Crippen LogP contribution >= 0.6 is 23.8 Å². The van der Waals surface area contributed by atoms with Crippen molar-refractivity contribution in [3.05, 3.63) is 47.0 Å². The monoisotopic (exact) mass is 423 g/mol. The van der Waals surface area contributed by atoms with Crippen LogP contribution in [0, 0.1) is 6.92 Å². The molecular weight excluding hydrogens is 410 g/mol. The highest BCUT2D eigenvalue weighted by atomic mass is 35.5. The molecule has 2 aromatic carbocycles. The molecule has 0 aliphatic carbocycles. The third-order valence-electron chi connectivity index (χ3n) is 3.70. The lowest BCUT2D eigenvalue weighted by molar-refractivity contribution is 0.459. The third kappa shape index (κ3) is 4.08. The molecule has 5 N–H and O–H groups in total. The zero-order chi connectivity index (χ0) is 19.8. The maximum absolute atomic E-state index is 11.6. The summed E-state index contributed by atoms with van der Waals surface area (Å²) in [5.74, 6) is -0.188. The van der Waals surface area contributed by atoms with E-state index < -0.39 is 10.0 Å². The number of nitrogens with one attached hydrogen (secondary N) is 2. The van der Waals surface area contributed by atoms with E-state index in [-0.39, 0.29) is 27.3 Å². The van der Waals surface area contributed by atoms with E-state index in [9.17, 15) is 13.5 Å². The Morgan fingerprint density at radius 1 is 1.33 bits per heavy atom. The fourth-order valence-corrected chi connectivity index (χ4v) is 3.67. The molecule has 0 bridgehead atoms. The van der Waals surface area contributed by atoms with Gasteiger partial charge in [0.25, 0.3) is 0 Å². The number of nitrogens with zero attached hydrogens (tertiary/aromatic N) is 2. The van der Waals surface area contributed by atoms with Crippen molar-refractivity contribution in [2.45, 2.75) is 11.8 Å². The first-order valence-corrected chi connectivity index (χ1v) is 9.85. The van der Waals surface area contributed by atoms with Crippen molar-refractivity contribution in [3.8, 4) is 5.88 Å².